The fourth-order valence-corrected chi connectivity index (χ4v) is 2.01. The standard InChI is InChI=1S/C16H16ClNO/c17-14-6-1-13(2-7-14)11-16(19)10-5-12-3-8-15(18)9-4-12/h1-4,6-9H,5,10-11,18H2. The minimum Gasteiger partial charge on any atom is -0.399 e. The quantitative estimate of drug-likeness (QED) is 0.845. The highest BCUT2D eigenvalue weighted by Crippen LogP contribution is 2.12. The number of carbonyl (C=O) groups excluding carboxylic acids is 1. The second-order valence-electron chi connectivity index (χ2n) is 4.58. The lowest BCUT2D eigenvalue weighted by atomic mass is 10.0. The average molecular weight is 274 g/mol. The number of nitrogen functional groups attached to an aromatic ring is 1. The number of ketones is 1. The van der Waals surface area contributed by atoms with E-state index in [4.69, 9.17) is 17.3 Å². The van der Waals surface area contributed by atoms with Crippen molar-refractivity contribution in [1.29, 1.82) is 0 Å². The molecule has 0 aliphatic heterocycles. The van der Waals surface area contributed by atoms with Crippen molar-refractivity contribution in [1.82, 2.24) is 0 Å². The maximum absolute atomic E-state index is 11.9. The van der Waals surface area contributed by atoms with Gasteiger partial charge in [-0.05, 0) is 41.8 Å². The molecule has 3 heteroatoms. The topological polar surface area (TPSA) is 43.1 Å². The Morgan fingerprint density at radius 2 is 1.53 bits per heavy atom. The van der Waals surface area contributed by atoms with E-state index in [-0.39, 0.29) is 5.78 Å². The Kier molecular flexibility index (Phi) is 4.58. The zero-order valence-corrected chi connectivity index (χ0v) is 11.4. The predicted molar refractivity (Wildman–Crippen MR) is 79.3 cm³/mol. The van der Waals surface area contributed by atoms with Gasteiger partial charge in [0.05, 0.1) is 0 Å². The number of hydrogen-bond acceptors (Lipinski definition) is 2. The van der Waals surface area contributed by atoms with Gasteiger partial charge >= 0.3 is 0 Å². The Morgan fingerprint density at radius 3 is 2.16 bits per heavy atom. The number of hydrogen-bond donors (Lipinski definition) is 1. The average Bonchev–Trinajstić information content (AvgIpc) is 2.41. The summed E-state index contributed by atoms with van der Waals surface area (Å²) in [5.74, 6) is 0.235. The Balaban J connectivity index is 1.84. The van der Waals surface area contributed by atoms with Gasteiger partial charge in [-0.1, -0.05) is 35.9 Å². The molecule has 19 heavy (non-hydrogen) atoms. The van der Waals surface area contributed by atoms with E-state index in [0.29, 0.717) is 17.9 Å². The van der Waals surface area contributed by atoms with Crippen molar-refractivity contribution in [3.63, 3.8) is 0 Å². The number of halogens is 1. The molecule has 0 radical (unpaired) electrons. The van der Waals surface area contributed by atoms with Gasteiger partial charge in [-0.3, -0.25) is 4.79 Å². The van der Waals surface area contributed by atoms with Crippen LogP contribution in [0.15, 0.2) is 48.5 Å². The van der Waals surface area contributed by atoms with Crippen LogP contribution in [0.25, 0.3) is 0 Å². The highest BCUT2D eigenvalue weighted by molar-refractivity contribution is 6.30. The Morgan fingerprint density at radius 1 is 0.947 bits per heavy atom. The molecule has 98 valence electrons. The normalized spacial score (nSPS) is 10.4. The lowest BCUT2D eigenvalue weighted by Crippen LogP contribution is -2.04. The first-order chi connectivity index (χ1) is 9.13. The number of anilines is 1. The first-order valence-corrected chi connectivity index (χ1v) is 6.62. The molecule has 0 atom stereocenters. The van der Waals surface area contributed by atoms with Gasteiger partial charge in [-0.25, -0.2) is 0 Å². The largest absolute Gasteiger partial charge is 0.399 e. The van der Waals surface area contributed by atoms with Crippen molar-refractivity contribution < 1.29 is 4.79 Å². The summed E-state index contributed by atoms with van der Waals surface area (Å²) in [6.07, 6.45) is 1.77. The van der Waals surface area contributed by atoms with E-state index in [0.717, 1.165) is 23.2 Å². The molecule has 2 nitrogen and oxygen atoms in total. The Hall–Kier alpha value is -1.80. The summed E-state index contributed by atoms with van der Waals surface area (Å²) >= 11 is 5.81. The van der Waals surface area contributed by atoms with E-state index in [1.165, 1.54) is 0 Å². The number of benzene rings is 2. The van der Waals surface area contributed by atoms with Crippen molar-refractivity contribution in [2.45, 2.75) is 19.3 Å². The van der Waals surface area contributed by atoms with E-state index in [1.807, 2.05) is 48.5 Å². The van der Waals surface area contributed by atoms with E-state index in [2.05, 4.69) is 0 Å². The minimum atomic E-state index is 0.235. The lowest BCUT2D eigenvalue weighted by molar-refractivity contribution is -0.118. The summed E-state index contributed by atoms with van der Waals surface area (Å²) in [6.45, 7) is 0. The van der Waals surface area contributed by atoms with Gasteiger partial charge in [-0.15, -0.1) is 0 Å². The molecule has 0 aliphatic rings. The van der Waals surface area contributed by atoms with Crippen molar-refractivity contribution >= 4 is 23.1 Å². The smallest absolute Gasteiger partial charge is 0.137 e. The maximum Gasteiger partial charge on any atom is 0.137 e. The molecule has 0 unspecified atom stereocenters. The molecule has 0 spiro atoms. The van der Waals surface area contributed by atoms with Crippen LogP contribution in [-0.2, 0) is 17.6 Å². The van der Waals surface area contributed by atoms with Crippen LogP contribution in [0.3, 0.4) is 0 Å². The molecule has 2 aromatic carbocycles. The van der Waals surface area contributed by atoms with E-state index in [1.54, 1.807) is 0 Å². The molecule has 2 rings (SSSR count). The van der Waals surface area contributed by atoms with Crippen LogP contribution in [0, 0.1) is 0 Å². The number of Topliss-reactive ketones (excluding diaryl/α,β-unsaturated/α-hetero) is 1. The monoisotopic (exact) mass is 273 g/mol. The fourth-order valence-electron chi connectivity index (χ4n) is 1.89. The zero-order chi connectivity index (χ0) is 13.7. The SMILES string of the molecule is Nc1ccc(CCC(=O)Cc2ccc(Cl)cc2)cc1. The molecular weight excluding hydrogens is 258 g/mol. The molecule has 0 saturated carbocycles. The van der Waals surface area contributed by atoms with Crippen LogP contribution in [0.5, 0.6) is 0 Å². The van der Waals surface area contributed by atoms with Crippen molar-refractivity contribution in [3.05, 3.63) is 64.7 Å². The molecule has 0 fully saturated rings. The van der Waals surface area contributed by atoms with Gasteiger partial charge in [0.15, 0.2) is 0 Å². The number of aryl methyl sites for hydroxylation is 1. The summed E-state index contributed by atoms with van der Waals surface area (Å²) in [4.78, 5) is 11.9. The second-order valence-corrected chi connectivity index (χ2v) is 5.02. The number of carbonyl (C=O) groups is 1. The molecule has 0 amide bonds. The third-order valence-electron chi connectivity index (χ3n) is 2.99. The van der Waals surface area contributed by atoms with Gasteiger partial charge in [0.2, 0.25) is 0 Å². The molecule has 0 bridgehead atoms. The van der Waals surface area contributed by atoms with Crippen molar-refractivity contribution in [2.75, 3.05) is 5.73 Å². The zero-order valence-electron chi connectivity index (χ0n) is 10.6. The molecule has 2 N–H and O–H groups in total. The third kappa shape index (κ3) is 4.42. The summed E-state index contributed by atoms with van der Waals surface area (Å²) in [5.41, 5.74) is 8.51. The van der Waals surface area contributed by atoms with Crippen LogP contribution >= 0.6 is 11.6 Å². The number of nitrogens with two attached hydrogens (primary N) is 1. The van der Waals surface area contributed by atoms with Crippen LogP contribution in [-0.4, -0.2) is 5.78 Å². The van der Waals surface area contributed by atoms with Crippen molar-refractivity contribution in [3.8, 4) is 0 Å². The predicted octanol–water partition coefficient (Wildman–Crippen LogP) is 3.67. The van der Waals surface area contributed by atoms with E-state index < -0.39 is 0 Å². The van der Waals surface area contributed by atoms with Gasteiger partial charge in [0.25, 0.3) is 0 Å². The van der Waals surface area contributed by atoms with Gasteiger partial charge in [-0.2, -0.15) is 0 Å². The molecular formula is C16H16ClNO. The van der Waals surface area contributed by atoms with Gasteiger partial charge < -0.3 is 5.73 Å². The molecule has 2 aromatic rings. The van der Waals surface area contributed by atoms with Gasteiger partial charge in [0, 0.05) is 23.6 Å². The second kappa shape index (κ2) is 6.39. The van der Waals surface area contributed by atoms with Crippen LogP contribution in [0.4, 0.5) is 5.69 Å². The Labute approximate surface area is 118 Å². The van der Waals surface area contributed by atoms with Crippen molar-refractivity contribution in [2.24, 2.45) is 0 Å². The fraction of sp³-hybridized carbons (Fsp3) is 0.188. The molecule has 0 aliphatic carbocycles. The summed E-state index contributed by atoms with van der Waals surface area (Å²) in [7, 11) is 0. The third-order valence-corrected chi connectivity index (χ3v) is 3.24. The highest BCUT2D eigenvalue weighted by atomic mass is 35.5. The summed E-state index contributed by atoms with van der Waals surface area (Å²) in [6, 6.07) is 15.1. The Bertz CT molecular complexity index is 546. The summed E-state index contributed by atoms with van der Waals surface area (Å²) < 4.78 is 0. The van der Waals surface area contributed by atoms with E-state index in [9.17, 15) is 4.79 Å². The van der Waals surface area contributed by atoms with Crippen LogP contribution < -0.4 is 5.73 Å². The van der Waals surface area contributed by atoms with Gasteiger partial charge in [0.1, 0.15) is 5.78 Å². The van der Waals surface area contributed by atoms with Crippen LogP contribution in [0.1, 0.15) is 17.5 Å². The molecule has 0 aromatic heterocycles. The maximum atomic E-state index is 11.9. The summed E-state index contributed by atoms with van der Waals surface area (Å²) in [5, 5.41) is 0.693. The molecule has 0 heterocycles. The van der Waals surface area contributed by atoms with E-state index >= 15 is 0 Å². The molecule has 0 saturated heterocycles. The number of rotatable bonds is 5. The lowest BCUT2D eigenvalue weighted by Gasteiger charge is -2.03. The highest BCUT2D eigenvalue weighted by Gasteiger charge is 2.04. The first kappa shape index (κ1) is 13.6. The first-order valence-electron chi connectivity index (χ1n) is 6.24. The minimum absolute atomic E-state index is 0.235. The van der Waals surface area contributed by atoms with Crippen LogP contribution in [0.2, 0.25) is 5.02 Å².